The van der Waals surface area contributed by atoms with Gasteiger partial charge < -0.3 is 4.18 Å². The Labute approximate surface area is 97.4 Å². The monoisotopic (exact) mass is 264 g/mol. The van der Waals surface area contributed by atoms with Gasteiger partial charge in [0.25, 0.3) is 0 Å². The van der Waals surface area contributed by atoms with Crippen molar-refractivity contribution in [1.82, 2.24) is 0 Å². The summed E-state index contributed by atoms with van der Waals surface area (Å²) >= 11 is 0. The summed E-state index contributed by atoms with van der Waals surface area (Å²) in [5, 5.41) is -0.521. The third kappa shape index (κ3) is 3.76. The minimum Gasteiger partial charge on any atom is -0.382 e. The molecule has 1 aromatic rings. The number of benzene rings is 1. The maximum atomic E-state index is 11.3. The van der Waals surface area contributed by atoms with Crippen molar-refractivity contribution in [3.05, 3.63) is 30.3 Å². The number of rotatable bonds is 3. The van der Waals surface area contributed by atoms with E-state index >= 15 is 0 Å². The first kappa shape index (κ1) is 13.6. The first-order valence-corrected chi connectivity index (χ1v) is 5.48. The van der Waals surface area contributed by atoms with Crippen LogP contribution in [-0.4, -0.2) is 13.7 Å². The van der Waals surface area contributed by atoms with Crippen LogP contribution in [0.5, 0.6) is 5.75 Å². The second kappa shape index (κ2) is 5.47. The van der Waals surface area contributed by atoms with Gasteiger partial charge in [-0.25, -0.2) is 0 Å². The van der Waals surface area contributed by atoms with E-state index in [0.29, 0.717) is 5.75 Å². The van der Waals surface area contributed by atoms with Gasteiger partial charge in [-0.05, 0) is 26.0 Å². The van der Waals surface area contributed by atoms with E-state index in [2.05, 4.69) is 0 Å². The van der Waals surface area contributed by atoms with Crippen LogP contribution in [0.2, 0.25) is 0 Å². The molecule has 0 radical (unpaired) electrons. The molecule has 1 aromatic carbocycles. The molecule has 0 aliphatic rings. The Balaban J connectivity index is 0.00000169. The van der Waals surface area contributed by atoms with Crippen molar-refractivity contribution in [3.8, 4) is 5.75 Å². The molecule has 14 heavy (non-hydrogen) atoms. The SMILES string of the molecule is CC(C)S(=O)(=O)Oc1ccccc1.[Zn]. The van der Waals surface area contributed by atoms with E-state index in [-0.39, 0.29) is 19.5 Å². The smallest absolute Gasteiger partial charge is 0.311 e. The van der Waals surface area contributed by atoms with Gasteiger partial charge in [-0.2, -0.15) is 8.42 Å². The maximum absolute atomic E-state index is 11.3. The summed E-state index contributed by atoms with van der Waals surface area (Å²) in [5.41, 5.74) is 0. The van der Waals surface area contributed by atoms with Gasteiger partial charge >= 0.3 is 10.1 Å². The largest absolute Gasteiger partial charge is 0.382 e. The van der Waals surface area contributed by atoms with Crippen molar-refractivity contribution in [2.45, 2.75) is 19.1 Å². The van der Waals surface area contributed by atoms with Gasteiger partial charge in [0.1, 0.15) is 5.75 Å². The predicted molar refractivity (Wildman–Crippen MR) is 51.1 cm³/mol. The van der Waals surface area contributed by atoms with E-state index < -0.39 is 15.4 Å². The molecule has 0 saturated heterocycles. The van der Waals surface area contributed by atoms with Crippen LogP contribution in [0.15, 0.2) is 30.3 Å². The van der Waals surface area contributed by atoms with Gasteiger partial charge in [0, 0.05) is 19.5 Å². The van der Waals surface area contributed by atoms with Crippen molar-refractivity contribution < 1.29 is 32.1 Å². The Morgan fingerprint density at radius 1 is 1.14 bits per heavy atom. The zero-order valence-electron chi connectivity index (χ0n) is 8.30. The van der Waals surface area contributed by atoms with E-state index in [4.69, 9.17) is 4.18 Å². The fourth-order valence-corrected chi connectivity index (χ4v) is 1.28. The number of hydrogen-bond acceptors (Lipinski definition) is 3. The third-order valence-corrected chi connectivity index (χ3v) is 3.11. The van der Waals surface area contributed by atoms with Crippen molar-refractivity contribution >= 4 is 10.1 Å². The fourth-order valence-electron chi connectivity index (χ4n) is 0.706. The summed E-state index contributed by atoms with van der Waals surface area (Å²) in [6.45, 7) is 3.16. The molecule has 0 saturated carbocycles. The summed E-state index contributed by atoms with van der Waals surface area (Å²) in [4.78, 5) is 0. The number of para-hydroxylation sites is 1. The van der Waals surface area contributed by atoms with Gasteiger partial charge in [0.05, 0.1) is 5.25 Å². The molecule has 0 aliphatic carbocycles. The molecule has 74 valence electrons. The van der Waals surface area contributed by atoms with E-state index in [1.165, 1.54) is 0 Å². The van der Waals surface area contributed by atoms with Crippen molar-refractivity contribution in [2.24, 2.45) is 0 Å². The quantitative estimate of drug-likeness (QED) is 0.618. The van der Waals surface area contributed by atoms with Gasteiger partial charge in [0.2, 0.25) is 0 Å². The number of hydrogen-bond donors (Lipinski definition) is 0. The van der Waals surface area contributed by atoms with Crippen LogP contribution < -0.4 is 4.18 Å². The van der Waals surface area contributed by atoms with Crippen LogP contribution in [0.3, 0.4) is 0 Å². The first-order valence-electron chi connectivity index (χ1n) is 4.01. The van der Waals surface area contributed by atoms with Gasteiger partial charge in [-0.3, -0.25) is 0 Å². The second-order valence-corrected chi connectivity index (χ2v) is 5.03. The molecule has 0 N–H and O–H groups in total. The molecule has 0 aromatic heterocycles. The molecule has 0 unspecified atom stereocenters. The molecular formula is C9H12O3SZn. The Morgan fingerprint density at radius 3 is 2.07 bits per heavy atom. The second-order valence-electron chi connectivity index (χ2n) is 2.94. The molecule has 0 fully saturated rings. The minimum atomic E-state index is -3.45. The normalized spacial score (nSPS) is 10.8. The van der Waals surface area contributed by atoms with Gasteiger partial charge in [-0.15, -0.1) is 0 Å². The molecule has 0 aliphatic heterocycles. The fraction of sp³-hybridized carbons (Fsp3) is 0.333. The van der Waals surface area contributed by atoms with Crippen LogP contribution in [0, 0.1) is 0 Å². The Hall–Kier alpha value is -0.407. The molecule has 0 heterocycles. The molecule has 0 spiro atoms. The van der Waals surface area contributed by atoms with Gasteiger partial charge in [-0.1, -0.05) is 18.2 Å². The molecule has 3 nitrogen and oxygen atoms in total. The Bertz CT molecular complexity index is 359. The molecule has 0 atom stereocenters. The minimum absolute atomic E-state index is 0. The van der Waals surface area contributed by atoms with E-state index in [9.17, 15) is 8.42 Å². The van der Waals surface area contributed by atoms with Gasteiger partial charge in [0.15, 0.2) is 0 Å². The Morgan fingerprint density at radius 2 is 1.64 bits per heavy atom. The summed E-state index contributed by atoms with van der Waals surface area (Å²) in [5.74, 6) is 0.358. The van der Waals surface area contributed by atoms with Crippen LogP contribution in [0.25, 0.3) is 0 Å². The zero-order chi connectivity index (χ0) is 9.90. The average molecular weight is 266 g/mol. The van der Waals surface area contributed by atoms with Crippen molar-refractivity contribution in [3.63, 3.8) is 0 Å². The topological polar surface area (TPSA) is 43.4 Å². The van der Waals surface area contributed by atoms with Crippen LogP contribution in [0.4, 0.5) is 0 Å². The summed E-state index contributed by atoms with van der Waals surface area (Å²) in [7, 11) is -3.45. The average Bonchev–Trinajstić information content (AvgIpc) is 2.05. The van der Waals surface area contributed by atoms with E-state index in [1.54, 1.807) is 44.2 Å². The third-order valence-electron chi connectivity index (χ3n) is 1.53. The molecular weight excluding hydrogens is 254 g/mol. The van der Waals surface area contributed by atoms with Crippen LogP contribution in [-0.2, 0) is 29.6 Å². The summed E-state index contributed by atoms with van der Waals surface area (Å²) in [6, 6.07) is 8.48. The predicted octanol–water partition coefficient (Wildman–Crippen LogP) is 1.80. The molecule has 5 heteroatoms. The molecule has 0 bridgehead atoms. The molecule has 1 rings (SSSR count). The first-order chi connectivity index (χ1) is 6.02. The van der Waals surface area contributed by atoms with E-state index in [1.807, 2.05) is 0 Å². The molecule has 0 amide bonds. The maximum Gasteiger partial charge on any atom is 0.311 e. The Kier molecular flexibility index (Phi) is 5.31. The van der Waals surface area contributed by atoms with E-state index in [0.717, 1.165) is 0 Å². The van der Waals surface area contributed by atoms with Crippen molar-refractivity contribution in [2.75, 3.05) is 0 Å². The van der Waals surface area contributed by atoms with Crippen LogP contribution in [0.1, 0.15) is 13.8 Å². The zero-order valence-corrected chi connectivity index (χ0v) is 12.1. The van der Waals surface area contributed by atoms with Crippen LogP contribution >= 0.6 is 0 Å². The van der Waals surface area contributed by atoms with Crippen molar-refractivity contribution in [1.29, 1.82) is 0 Å². The summed E-state index contributed by atoms with van der Waals surface area (Å²) < 4.78 is 27.4. The standard InChI is InChI=1S/C9H12O3S.Zn/c1-8(2)13(10,11)12-9-6-4-3-5-7-9;/h3-8H,1-2H3;. The summed E-state index contributed by atoms with van der Waals surface area (Å²) in [6.07, 6.45) is 0.